The Bertz CT molecular complexity index is 575. The Morgan fingerprint density at radius 3 is 2.50 bits per heavy atom. The number of aromatic nitrogens is 2. The molecular weight excluding hydrogens is 226 g/mol. The van der Waals surface area contributed by atoms with Gasteiger partial charge in [0.1, 0.15) is 0 Å². The lowest BCUT2D eigenvalue weighted by Gasteiger charge is -2.06. The summed E-state index contributed by atoms with van der Waals surface area (Å²) in [6, 6.07) is 8.70. The van der Waals surface area contributed by atoms with Gasteiger partial charge in [-0.2, -0.15) is 8.42 Å². The van der Waals surface area contributed by atoms with E-state index in [1.807, 2.05) is 6.07 Å². The van der Waals surface area contributed by atoms with Crippen molar-refractivity contribution in [1.29, 1.82) is 0 Å². The van der Waals surface area contributed by atoms with Gasteiger partial charge in [0.25, 0.3) is 10.0 Å². The van der Waals surface area contributed by atoms with Gasteiger partial charge in [0.05, 0.1) is 0 Å². The molecule has 0 spiro atoms. The normalized spacial score (nSPS) is 11.3. The number of hydrogen-bond acceptors (Lipinski definition) is 3. The molecule has 1 N–H and O–H groups in total. The minimum Gasteiger partial charge on any atom is -0.323 e. The Hall–Kier alpha value is -1.82. The predicted molar refractivity (Wildman–Crippen MR) is 60.5 cm³/mol. The lowest BCUT2D eigenvalue weighted by Crippen LogP contribution is -2.17. The molecule has 0 atom stereocenters. The summed E-state index contributed by atoms with van der Waals surface area (Å²) < 4.78 is 27.7. The maximum atomic E-state index is 11.9. The van der Waals surface area contributed by atoms with Crippen molar-refractivity contribution in [2.24, 2.45) is 7.05 Å². The first kappa shape index (κ1) is 10.7. The van der Waals surface area contributed by atoms with E-state index in [4.69, 9.17) is 0 Å². The van der Waals surface area contributed by atoms with Crippen molar-refractivity contribution < 1.29 is 8.42 Å². The Balaban J connectivity index is 2.32. The van der Waals surface area contributed by atoms with Crippen LogP contribution in [0.3, 0.4) is 0 Å². The Morgan fingerprint density at radius 2 is 1.94 bits per heavy atom. The molecule has 0 bridgehead atoms. The van der Waals surface area contributed by atoms with Gasteiger partial charge in [0, 0.05) is 25.1 Å². The van der Waals surface area contributed by atoms with E-state index in [9.17, 15) is 8.42 Å². The van der Waals surface area contributed by atoms with Crippen molar-refractivity contribution in [2.45, 2.75) is 5.16 Å². The van der Waals surface area contributed by atoms with Gasteiger partial charge in [-0.15, -0.1) is 0 Å². The average molecular weight is 237 g/mol. The first-order chi connectivity index (χ1) is 7.59. The van der Waals surface area contributed by atoms with Crippen molar-refractivity contribution in [3.63, 3.8) is 0 Å². The molecule has 0 fully saturated rings. The van der Waals surface area contributed by atoms with Crippen molar-refractivity contribution in [3.05, 3.63) is 42.7 Å². The highest BCUT2D eigenvalue weighted by atomic mass is 32.2. The maximum Gasteiger partial charge on any atom is 0.295 e. The van der Waals surface area contributed by atoms with Crippen molar-refractivity contribution >= 4 is 15.7 Å². The predicted octanol–water partition coefficient (Wildman–Crippen LogP) is 1.22. The number of benzene rings is 1. The minimum absolute atomic E-state index is 0.00338. The van der Waals surface area contributed by atoms with Crippen LogP contribution in [0.25, 0.3) is 0 Å². The zero-order valence-corrected chi connectivity index (χ0v) is 9.48. The molecule has 0 saturated heterocycles. The first-order valence-electron chi connectivity index (χ1n) is 4.65. The van der Waals surface area contributed by atoms with Gasteiger partial charge in [0.2, 0.25) is 5.16 Å². The van der Waals surface area contributed by atoms with Crippen LogP contribution in [0.2, 0.25) is 0 Å². The summed E-state index contributed by atoms with van der Waals surface area (Å²) in [6.45, 7) is 0. The fraction of sp³-hybridized carbons (Fsp3) is 0.100. The molecule has 2 rings (SSSR count). The Morgan fingerprint density at radius 1 is 1.25 bits per heavy atom. The van der Waals surface area contributed by atoms with Crippen LogP contribution in [-0.2, 0) is 17.1 Å². The molecule has 1 heterocycles. The molecule has 84 valence electrons. The number of nitrogens with zero attached hydrogens (tertiary/aromatic N) is 2. The van der Waals surface area contributed by atoms with E-state index in [1.54, 1.807) is 37.5 Å². The van der Waals surface area contributed by atoms with Gasteiger partial charge in [-0.25, -0.2) is 4.98 Å². The van der Waals surface area contributed by atoms with Crippen LogP contribution in [0.4, 0.5) is 5.69 Å². The Labute approximate surface area is 93.8 Å². The van der Waals surface area contributed by atoms with Crippen molar-refractivity contribution in [1.82, 2.24) is 9.55 Å². The SMILES string of the molecule is Cn1ccnc1S(=O)(=O)Nc1ccccc1. The van der Waals surface area contributed by atoms with Crippen LogP contribution in [0.15, 0.2) is 47.9 Å². The first-order valence-corrected chi connectivity index (χ1v) is 6.13. The highest BCUT2D eigenvalue weighted by Gasteiger charge is 2.18. The zero-order valence-electron chi connectivity index (χ0n) is 8.66. The molecule has 1 aromatic carbocycles. The fourth-order valence-corrected chi connectivity index (χ4v) is 2.50. The summed E-state index contributed by atoms with van der Waals surface area (Å²) in [5, 5.41) is -0.00338. The van der Waals surface area contributed by atoms with E-state index in [1.165, 1.54) is 10.8 Å². The molecule has 0 unspecified atom stereocenters. The zero-order chi connectivity index (χ0) is 11.6. The third kappa shape index (κ3) is 2.06. The lowest BCUT2D eigenvalue weighted by molar-refractivity contribution is 0.584. The smallest absolute Gasteiger partial charge is 0.295 e. The van der Waals surface area contributed by atoms with E-state index >= 15 is 0 Å². The molecule has 1 aromatic heterocycles. The van der Waals surface area contributed by atoms with Crippen LogP contribution in [0, 0.1) is 0 Å². The maximum absolute atomic E-state index is 11.9. The second kappa shape index (κ2) is 3.97. The monoisotopic (exact) mass is 237 g/mol. The Kier molecular flexibility index (Phi) is 2.66. The van der Waals surface area contributed by atoms with Gasteiger partial charge in [-0.1, -0.05) is 18.2 Å². The molecule has 0 aliphatic heterocycles. The van der Waals surface area contributed by atoms with Crippen LogP contribution < -0.4 is 4.72 Å². The van der Waals surface area contributed by atoms with E-state index in [2.05, 4.69) is 9.71 Å². The molecule has 16 heavy (non-hydrogen) atoms. The summed E-state index contributed by atoms with van der Waals surface area (Å²) >= 11 is 0. The summed E-state index contributed by atoms with van der Waals surface area (Å²) in [5.74, 6) is 0. The number of rotatable bonds is 3. The number of anilines is 1. The summed E-state index contributed by atoms with van der Waals surface area (Å²) in [4.78, 5) is 3.80. The van der Waals surface area contributed by atoms with E-state index in [0.29, 0.717) is 5.69 Å². The van der Waals surface area contributed by atoms with Crippen LogP contribution in [0.5, 0.6) is 0 Å². The number of para-hydroxylation sites is 1. The number of sulfonamides is 1. The lowest BCUT2D eigenvalue weighted by atomic mass is 10.3. The number of hydrogen-bond donors (Lipinski definition) is 1. The fourth-order valence-electron chi connectivity index (χ4n) is 1.32. The number of aryl methyl sites for hydroxylation is 1. The highest BCUT2D eigenvalue weighted by molar-refractivity contribution is 7.92. The third-order valence-corrected chi connectivity index (χ3v) is 3.42. The van der Waals surface area contributed by atoms with Crippen LogP contribution in [-0.4, -0.2) is 18.0 Å². The quantitative estimate of drug-likeness (QED) is 0.873. The summed E-state index contributed by atoms with van der Waals surface area (Å²) in [5.41, 5.74) is 0.519. The second-order valence-corrected chi connectivity index (χ2v) is 4.87. The summed E-state index contributed by atoms with van der Waals surface area (Å²) in [7, 11) is -1.97. The topological polar surface area (TPSA) is 64.0 Å². The van der Waals surface area contributed by atoms with Crippen molar-refractivity contribution in [2.75, 3.05) is 4.72 Å². The largest absolute Gasteiger partial charge is 0.323 e. The molecule has 5 nitrogen and oxygen atoms in total. The second-order valence-electron chi connectivity index (χ2n) is 3.29. The van der Waals surface area contributed by atoms with Gasteiger partial charge in [-0.05, 0) is 12.1 Å². The number of imidazole rings is 1. The molecule has 0 radical (unpaired) electrons. The van der Waals surface area contributed by atoms with E-state index in [-0.39, 0.29) is 5.16 Å². The third-order valence-electron chi connectivity index (χ3n) is 2.04. The standard InChI is InChI=1S/C10H11N3O2S/c1-13-8-7-11-10(13)16(14,15)12-9-5-3-2-4-6-9/h2-8,12H,1H3. The van der Waals surface area contributed by atoms with Gasteiger partial charge in [-0.3, -0.25) is 4.72 Å². The van der Waals surface area contributed by atoms with Gasteiger partial charge >= 0.3 is 0 Å². The molecule has 0 aliphatic rings. The molecular formula is C10H11N3O2S. The average Bonchev–Trinajstić information content (AvgIpc) is 2.66. The van der Waals surface area contributed by atoms with Gasteiger partial charge < -0.3 is 4.57 Å². The molecule has 6 heteroatoms. The van der Waals surface area contributed by atoms with Crippen LogP contribution in [0.1, 0.15) is 0 Å². The van der Waals surface area contributed by atoms with Crippen molar-refractivity contribution in [3.8, 4) is 0 Å². The van der Waals surface area contributed by atoms with Gasteiger partial charge in [0.15, 0.2) is 0 Å². The molecule has 0 saturated carbocycles. The minimum atomic E-state index is -3.60. The highest BCUT2D eigenvalue weighted by Crippen LogP contribution is 2.12. The van der Waals surface area contributed by atoms with E-state index in [0.717, 1.165) is 0 Å². The summed E-state index contributed by atoms with van der Waals surface area (Å²) in [6.07, 6.45) is 3.03. The number of nitrogens with one attached hydrogen (secondary N) is 1. The van der Waals surface area contributed by atoms with Crippen LogP contribution >= 0.6 is 0 Å². The molecule has 0 amide bonds. The van der Waals surface area contributed by atoms with E-state index < -0.39 is 10.0 Å². The molecule has 0 aliphatic carbocycles. The molecule has 2 aromatic rings.